The van der Waals surface area contributed by atoms with Crippen molar-refractivity contribution in [3.05, 3.63) is 58.6 Å². The Morgan fingerprint density at radius 2 is 1.88 bits per heavy atom. The summed E-state index contributed by atoms with van der Waals surface area (Å²) in [6, 6.07) is 14.6. The molecule has 0 radical (unpaired) electrons. The van der Waals surface area contributed by atoms with Gasteiger partial charge in [-0.05, 0) is 55.0 Å². The Kier molecular flexibility index (Phi) is 7.21. The summed E-state index contributed by atoms with van der Waals surface area (Å²) in [6.07, 6.45) is 2.05. The Bertz CT molecular complexity index is 704. The van der Waals surface area contributed by atoms with Crippen LogP contribution in [0.2, 0.25) is 0 Å². The van der Waals surface area contributed by atoms with E-state index in [0.29, 0.717) is 17.9 Å². The fourth-order valence-electron chi connectivity index (χ4n) is 1.95. The van der Waals surface area contributed by atoms with Crippen LogP contribution >= 0.6 is 28.1 Å². The second-order valence-electron chi connectivity index (χ2n) is 5.11. The summed E-state index contributed by atoms with van der Waals surface area (Å²) in [6.45, 7) is 2.76. The largest absolute Gasteiger partial charge is 0.491 e. The molecule has 0 aliphatic carbocycles. The van der Waals surface area contributed by atoms with E-state index in [-0.39, 0.29) is 11.0 Å². The number of hydrogen-bond donors (Lipinski definition) is 2. The third kappa shape index (κ3) is 5.62. The molecule has 0 fully saturated rings. The third-order valence-corrected chi connectivity index (χ3v) is 3.96. The molecule has 2 rings (SSSR count). The third-order valence-electron chi connectivity index (χ3n) is 3.22. The van der Waals surface area contributed by atoms with E-state index in [1.807, 2.05) is 36.4 Å². The number of benzene rings is 2. The Morgan fingerprint density at radius 3 is 2.58 bits per heavy atom. The van der Waals surface area contributed by atoms with Crippen LogP contribution in [0.15, 0.2) is 53.0 Å². The first-order chi connectivity index (χ1) is 11.6. The van der Waals surface area contributed by atoms with Crippen molar-refractivity contribution in [2.45, 2.75) is 19.8 Å². The van der Waals surface area contributed by atoms with Crippen molar-refractivity contribution in [2.24, 2.45) is 0 Å². The number of thiocarbonyl (C=S) groups is 1. The molecule has 0 bridgehead atoms. The minimum absolute atomic E-state index is 0.231. The predicted octanol–water partition coefficient (Wildman–Crippen LogP) is 4.75. The van der Waals surface area contributed by atoms with Crippen molar-refractivity contribution in [3.63, 3.8) is 0 Å². The van der Waals surface area contributed by atoms with Gasteiger partial charge in [0, 0.05) is 10.0 Å². The molecule has 0 aliphatic heterocycles. The Labute approximate surface area is 155 Å². The van der Waals surface area contributed by atoms with E-state index in [0.717, 1.165) is 23.0 Å². The number of halogens is 1. The molecule has 0 atom stereocenters. The highest BCUT2D eigenvalue weighted by Gasteiger charge is 2.10. The Morgan fingerprint density at radius 1 is 1.17 bits per heavy atom. The van der Waals surface area contributed by atoms with Gasteiger partial charge < -0.3 is 10.1 Å². The molecule has 0 aromatic heterocycles. The molecule has 0 spiro atoms. The smallest absolute Gasteiger partial charge is 0.257 e. The minimum atomic E-state index is -0.260. The van der Waals surface area contributed by atoms with Crippen LogP contribution in [-0.2, 0) is 0 Å². The van der Waals surface area contributed by atoms with E-state index in [1.54, 1.807) is 12.1 Å². The topological polar surface area (TPSA) is 50.4 Å². The highest BCUT2D eigenvalue weighted by Crippen LogP contribution is 2.24. The fourth-order valence-corrected chi connectivity index (χ4v) is 2.42. The van der Waals surface area contributed by atoms with Crippen LogP contribution in [0, 0.1) is 0 Å². The fraction of sp³-hybridized carbons (Fsp3) is 0.222. The van der Waals surface area contributed by atoms with Crippen molar-refractivity contribution >= 4 is 44.9 Å². The number of para-hydroxylation sites is 2. The lowest BCUT2D eigenvalue weighted by molar-refractivity contribution is 0.0977. The summed E-state index contributed by atoms with van der Waals surface area (Å²) in [4.78, 5) is 12.2. The summed E-state index contributed by atoms with van der Waals surface area (Å²) in [5, 5.41) is 5.91. The molecule has 0 unspecified atom stereocenters. The highest BCUT2D eigenvalue weighted by molar-refractivity contribution is 9.10. The molecule has 2 aromatic carbocycles. The number of carbonyl (C=O) groups excluding carboxylic acids is 1. The average molecular weight is 407 g/mol. The number of hydrogen-bond acceptors (Lipinski definition) is 3. The van der Waals surface area contributed by atoms with Crippen LogP contribution in [0.1, 0.15) is 30.1 Å². The Hall–Kier alpha value is -1.92. The van der Waals surface area contributed by atoms with Gasteiger partial charge in [0.05, 0.1) is 12.3 Å². The van der Waals surface area contributed by atoms with Gasteiger partial charge in [-0.3, -0.25) is 10.1 Å². The molecular weight excluding hydrogens is 388 g/mol. The second-order valence-corrected chi connectivity index (χ2v) is 6.44. The minimum Gasteiger partial charge on any atom is -0.491 e. The monoisotopic (exact) mass is 406 g/mol. The zero-order valence-electron chi connectivity index (χ0n) is 13.3. The number of amides is 1. The quantitative estimate of drug-likeness (QED) is 0.536. The van der Waals surface area contributed by atoms with Crippen molar-refractivity contribution in [3.8, 4) is 5.75 Å². The zero-order chi connectivity index (χ0) is 17.4. The second kappa shape index (κ2) is 9.39. The maximum Gasteiger partial charge on any atom is 0.257 e. The molecule has 24 heavy (non-hydrogen) atoms. The molecule has 0 saturated carbocycles. The lowest BCUT2D eigenvalue weighted by Crippen LogP contribution is -2.34. The first-order valence-electron chi connectivity index (χ1n) is 7.70. The molecule has 0 saturated heterocycles. The van der Waals surface area contributed by atoms with Crippen LogP contribution in [0.4, 0.5) is 5.69 Å². The first kappa shape index (κ1) is 18.4. The number of anilines is 1. The number of nitrogens with one attached hydrogen (secondary N) is 2. The molecule has 0 aliphatic rings. The highest BCUT2D eigenvalue weighted by atomic mass is 79.9. The van der Waals surface area contributed by atoms with Crippen molar-refractivity contribution in [1.82, 2.24) is 5.32 Å². The summed E-state index contributed by atoms with van der Waals surface area (Å²) >= 11 is 8.56. The van der Waals surface area contributed by atoms with Crippen LogP contribution in [0.3, 0.4) is 0 Å². The molecule has 0 heterocycles. The molecule has 6 heteroatoms. The average Bonchev–Trinajstić information content (AvgIpc) is 2.57. The van der Waals surface area contributed by atoms with Crippen molar-refractivity contribution in [1.29, 1.82) is 0 Å². The molecule has 2 N–H and O–H groups in total. The van der Waals surface area contributed by atoms with Crippen LogP contribution < -0.4 is 15.4 Å². The van der Waals surface area contributed by atoms with E-state index in [4.69, 9.17) is 17.0 Å². The van der Waals surface area contributed by atoms with Gasteiger partial charge in [-0.25, -0.2) is 0 Å². The van der Waals surface area contributed by atoms with Crippen LogP contribution in [0.25, 0.3) is 0 Å². The van der Waals surface area contributed by atoms with Gasteiger partial charge >= 0.3 is 0 Å². The molecular formula is C18H19BrN2O2S. The maximum absolute atomic E-state index is 12.2. The van der Waals surface area contributed by atoms with Crippen LogP contribution in [0.5, 0.6) is 5.75 Å². The molecule has 2 aromatic rings. The Balaban J connectivity index is 1.96. The zero-order valence-corrected chi connectivity index (χ0v) is 15.7. The van der Waals surface area contributed by atoms with Gasteiger partial charge in [-0.15, -0.1) is 0 Å². The molecule has 4 nitrogen and oxygen atoms in total. The number of unbranched alkanes of at least 4 members (excludes halogenated alkanes) is 1. The van der Waals surface area contributed by atoms with Gasteiger partial charge in [0.15, 0.2) is 5.11 Å². The van der Waals surface area contributed by atoms with Gasteiger partial charge in [0.1, 0.15) is 5.75 Å². The van der Waals surface area contributed by atoms with Crippen molar-refractivity contribution < 1.29 is 9.53 Å². The van der Waals surface area contributed by atoms with E-state index in [2.05, 4.69) is 33.5 Å². The van der Waals surface area contributed by atoms with E-state index in [9.17, 15) is 4.79 Å². The van der Waals surface area contributed by atoms with Crippen LogP contribution in [-0.4, -0.2) is 17.6 Å². The molecule has 1 amide bonds. The van der Waals surface area contributed by atoms with E-state index in [1.165, 1.54) is 0 Å². The van der Waals surface area contributed by atoms with E-state index >= 15 is 0 Å². The van der Waals surface area contributed by atoms with E-state index < -0.39 is 0 Å². The number of rotatable bonds is 6. The summed E-state index contributed by atoms with van der Waals surface area (Å²) in [5.41, 5.74) is 1.27. The predicted molar refractivity (Wildman–Crippen MR) is 105 cm³/mol. The maximum atomic E-state index is 12.2. The first-order valence-corrected chi connectivity index (χ1v) is 8.90. The SMILES string of the molecule is CCCCOc1ccccc1NC(=S)NC(=O)c1ccc(Br)cc1. The summed E-state index contributed by atoms with van der Waals surface area (Å²) < 4.78 is 6.66. The van der Waals surface area contributed by atoms with Gasteiger partial charge in [0.2, 0.25) is 0 Å². The number of carbonyl (C=O) groups is 1. The lowest BCUT2D eigenvalue weighted by Gasteiger charge is -2.14. The lowest BCUT2D eigenvalue weighted by atomic mass is 10.2. The number of ether oxygens (including phenoxy) is 1. The normalized spacial score (nSPS) is 10.1. The van der Waals surface area contributed by atoms with Crippen molar-refractivity contribution in [2.75, 3.05) is 11.9 Å². The standard InChI is InChI=1S/C18H19BrN2O2S/c1-2-3-12-23-16-7-5-4-6-15(16)20-18(24)21-17(22)13-8-10-14(19)11-9-13/h4-11H,2-3,12H2,1H3,(H2,20,21,22,24). The summed E-state index contributed by atoms with van der Waals surface area (Å²) in [7, 11) is 0. The summed E-state index contributed by atoms with van der Waals surface area (Å²) in [5.74, 6) is 0.454. The van der Waals surface area contributed by atoms with Gasteiger partial charge in [-0.1, -0.05) is 41.4 Å². The van der Waals surface area contributed by atoms with Gasteiger partial charge in [0.25, 0.3) is 5.91 Å². The molecule has 126 valence electrons. The van der Waals surface area contributed by atoms with Gasteiger partial charge in [-0.2, -0.15) is 0 Å².